The third-order valence-electron chi connectivity index (χ3n) is 4.48. The van der Waals surface area contributed by atoms with Crippen LogP contribution in [0.5, 0.6) is 0 Å². The fraction of sp³-hybridized carbons (Fsp3) is 0.389. The topological polar surface area (TPSA) is 75.3 Å². The molecule has 0 bridgehead atoms. The summed E-state index contributed by atoms with van der Waals surface area (Å²) in [5.74, 6) is 1.68. The van der Waals surface area contributed by atoms with Crippen LogP contribution in [-0.4, -0.2) is 39.9 Å². The number of anilines is 1. The second-order valence-electron chi connectivity index (χ2n) is 6.38. The molecule has 1 aliphatic heterocycles. The number of hydrogen-bond donors (Lipinski definition) is 1. The van der Waals surface area contributed by atoms with Crippen molar-refractivity contribution >= 4 is 17.3 Å². The minimum absolute atomic E-state index is 0.212. The van der Waals surface area contributed by atoms with E-state index in [0.29, 0.717) is 17.6 Å². The van der Waals surface area contributed by atoms with Crippen LogP contribution in [0.3, 0.4) is 0 Å². The van der Waals surface area contributed by atoms with Crippen molar-refractivity contribution < 1.29 is 9.63 Å². The van der Waals surface area contributed by atoms with Gasteiger partial charge >= 0.3 is 0 Å². The van der Waals surface area contributed by atoms with Crippen molar-refractivity contribution in [1.29, 1.82) is 0 Å². The molecule has 0 radical (unpaired) electrons. The van der Waals surface area contributed by atoms with E-state index in [9.17, 15) is 5.11 Å². The van der Waals surface area contributed by atoms with Crippen molar-refractivity contribution in [2.45, 2.75) is 19.8 Å². The van der Waals surface area contributed by atoms with Gasteiger partial charge in [0.05, 0.1) is 21.8 Å². The van der Waals surface area contributed by atoms with Crippen LogP contribution in [0.25, 0.3) is 21.9 Å². The summed E-state index contributed by atoms with van der Waals surface area (Å²) in [6.07, 6.45) is 3.92. The molecule has 4 heterocycles. The third kappa shape index (κ3) is 3.29. The highest BCUT2D eigenvalue weighted by Gasteiger charge is 2.23. The van der Waals surface area contributed by atoms with Gasteiger partial charge in [-0.15, -0.1) is 11.3 Å². The standard InChI is InChI=1S/C18H20N4O2S/c1-12-8-15(24-21-12)14-9-19-18(20-17(14)16-5-3-7-25-16)22-6-2-4-13(10-22)11-23/h3,5,7-9,13,23H,2,4,6,10-11H2,1H3. The van der Waals surface area contributed by atoms with E-state index < -0.39 is 0 Å². The van der Waals surface area contributed by atoms with Gasteiger partial charge < -0.3 is 14.5 Å². The molecule has 1 fully saturated rings. The SMILES string of the molecule is Cc1cc(-c2cnc(N3CCCC(CO)C3)nc2-c2cccs2)on1. The van der Waals surface area contributed by atoms with Gasteiger partial charge in [-0.2, -0.15) is 0 Å². The lowest BCUT2D eigenvalue weighted by Crippen LogP contribution is -2.37. The lowest BCUT2D eigenvalue weighted by atomic mass is 9.99. The molecule has 1 saturated heterocycles. The van der Waals surface area contributed by atoms with E-state index in [0.717, 1.165) is 47.8 Å². The van der Waals surface area contributed by atoms with Crippen molar-refractivity contribution in [2.24, 2.45) is 5.92 Å². The number of nitrogens with zero attached hydrogens (tertiary/aromatic N) is 4. The van der Waals surface area contributed by atoms with Crippen LogP contribution in [0.2, 0.25) is 0 Å². The zero-order valence-electron chi connectivity index (χ0n) is 14.1. The molecule has 3 aromatic heterocycles. The van der Waals surface area contributed by atoms with E-state index in [1.54, 1.807) is 11.3 Å². The van der Waals surface area contributed by atoms with Crippen LogP contribution in [0.15, 0.2) is 34.3 Å². The van der Waals surface area contributed by atoms with Crippen molar-refractivity contribution in [2.75, 3.05) is 24.6 Å². The number of aromatic nitrogens is 3. The van der Waals surface area contributed by atoms with E-state index in [1.165, 1.54) is 0 Å². The molecule has 0 amide bonds. The molecule has 0 spiro atoms. The summed E-state index contributed by atoms with van der Waals surface area (Å²) in [7, 11) is 0. The Hall–Kier alpha value is -2.25. The molecular weight excluding hydrogens is 336 g/mol. The Balaban J connectivity index is 1.75. The fourth-order valence-corrected chi connectivity index (χ4v) is 3.92. The lowest BCUT2D eigenvalue weighted by molar-refractivity contribution is 0.208. The number of thiophene rings is 1. The molecule has 7 heteroatoms. The van der Waals surface area contributed by atoms with Crippen LogP contribution >= 0.6 is 11.3 Å². The number of aryl methyl sites for hydroxylation is 1. The highest BCUT2D eigenvalue weighted by Crippen LogP contribution is 2.34. The van der Waals surface area contributed by atoms with Crippen LogP contribution in [0.1, 0.15) is 18.5 Å². The van der Waals surface area contributed by atoms with Gasteiger partial charge in [-0.3, -0.25) is 0 Å². The molecule has 0 saturated carbocycles. The predicted molar refractivity (Wildman–Crippen MR) is 97.6 cm³/mol. The minimum Gasteiger partial charge on any atom is -0.396 e. The molecule has 1 atom stereocenters. The number of aliphatic hydroxyl groups excluding tert-OH is 1. The summed E-state index contributed by atoms with van der Waals surface area (Å²) in [5.41, 5.74) is 2.54. The summed E-state index contributed by atoms with van der Waals surface area (Å²) >= 11 is 1.64. The maximum atomic E-state index is 9.47. The van der Waals surface area contributed by atoms with E-state index in [2.05, 4.69) is 21.1 Å². The molecule has 1 aliphatic rings. The molecule has 3 aromatic rings. The Kier molecular flexibility index (Phi) is 4.50. The lowest BCUT2D eigenvalue weighted by Gasteiger charge is -2.32. The number of aliphatic hydroxyl groups is 1. The van der Waals surface area contributed by atoms with Gasteiger partial charge in [0.2, 0.25) is 5.95 Å². The Morgan fingerprint density at radius 1 is 1.44 bits per heavy atom. The number of hydrogen-bond acceptors (Lipinski definition) is 7. The van der Waals surface area contributed by atoms with Crippen LogP contribution in [-0.2, 0) is 0 Å². The first-order valence-corrected chi connectivity index (χ1v) is 9.33. The maximum absolute atomic E-state index is 9.47. The van der Waals surface area contributed by atoms with Crippen LogP contribution < -0.4 is 4.90 Å². The molecule has 4 rings (SSSR count). The first kappa shape index (κ1) is 16.2. The van der Waals surface area contributed by atoms with E-state index in [4.69, 9.17) is 9.51 Å². The van der Waals surface area contributed by atoms with Gasteiger partial charge in [-0.05, 0) is 37.1 Å². The summed E-state index contributed by atoms with van der Waals surface area (Å²) < 4.78 is 5.44. The average molecular weight is 356 g/mol. The zero-order valence-corrected chi connectivity index (χ0v) is 14.9. The Labute approximate surface area is 150 Å². The summed E-state index contributed by atoms with van der Waals surface area (Å²) in [5, 5.41) is 15.5. The quantitative estimate of drug-likeness (QED) is 0.772. The van der Waals surface area contributed by atoms with Gasteiger partial charge in [-0.1, -0.05) is 11.2 Å². The van der Waals surface area contributed by atoms with Gasteiger partial charge in [0.1, 0.15) is 0 Å². The Morgan fingerprint density at radius 3 is 3.08 bits per heavy atom. The molecule has 1 N–H and O–H groups in total. The molecule has 0 aliphatic carbocycles. The third-order valence-corrected chi connectivity index (χ3v) is 5.36. The van der Waals surface area contributed by atoms with Gasteiger partial charge in [0.25, 0.3) is 0 Å². The smallest absolute Gasteiger partial charge is 0.225 e. The van der Waals surface area contributed by atoms with E-state index in [-0.39, 0.29) is 6.61 Å². The second kappa shape index (κ2) is 6.93. The highest BCUT2D eigenvalue weighted by atomic mass is 32.1. The normalized spacial score (nSPS) is 17.8. The van der Waals surface area contributed by atoms with E-state index in [1.807, 2.05) is 30.6 Å². The average Bonchev–Trinajstić information content (AvgIpc) is 3.33. The van der Waals surface area contributed by atoms with E-state index >= 15 is 0 Å². The first-order chi connectivity index (χ1) is 12.2. The molecular formula is C18H20N4O2S. The Bertz CT molecular complexity index is 847. The summed E-state index contributed by atoms with van der Waals surface area (Å²) in [4.78, 5) is 12.7. The van der Waals surface area contributed by atoms with Gasteiger partial charge in [0, 0.05) is 32.0 Å². The maximum Gasteiger partial charge on any atom is 0.225 e. The number of piperidine rings is 1. The van der Waals surface area contributed by atoms with Crippen molar-refractivity contribution in [1.82, 2.24) is 15.1 Å². The summed E-state index contributed by atoms with van der Waals surface area (Å²) in [6.45, 7) is 3.82. The van der Waals surface area contributed by atoms with Crippen LogP contribution in [0.4, 0.5) is 5.95 Å². The van der Waals surface area contributed by atoms with Crippen molar-refractivity contribution in [3.05, 3.63) is 35.5 Å². The largest absolute Gasteiger partial charge is 0.396 e. The first-order valence-electron chi connectivity index (χ1n) is 8.45. The molecule has 1 unspecified atom stereocenters. The monoisotopic (exact) mass is 356 g/mol. The van der Waals surface area contributed by atoms with Crippen LogP contribution in [0, 0.1) is 12.8 Å². The fourth-order valence-electron chi connectivity index (χ4n) is 3.19. The molecule has 6 nitrogen and oxygen atoms in total. The van der Waals surface area contributed by atoms with Gasteiger partial charge in [0.15, 0.2) is 5.76 Å². The molecule has 25 heavy (non-hydrogen) atoms. The molecule has 130 valence electrons. The highest BCUT2D eigenvalue weighted by molar-refractivity contribution is 7.13. The zero-order chi connectivity index (χ0) is 17.2. The Morgan fingerprint density at radius 2 is 2.36 bits per heavy atom. The van der Waals surface area contributed by atoms with Crippen molar-refractivity contribution in [3.8, 4) is 21.9 Å². The van der Waals surface area contributed by atoms with Gasteiger partial charge in [-0.25, -0.2) is 9.97 Å². The van der Waals surface area contributed by atoms with Crippen molar-refractivity contribution in [3.63, 3.8) is 0 Å². The number of rotatable bonds is 4. The predicted octanol–water partition coefficient (Wildman–Crippen LogP) is 3.38. The summed E-state index contributed by atoms with van der Waals surface area (Å²) in [6, 6.07) is 5.97. The molecule has 0 aromatic carbocycles. The second-order valence-corrected chi connectivity index (χ2v) is 7.33. The minimum atomic E-state index is 0.212.